The minimum atomic E-state index is -0.474. The number of nitrogens with two attached hydrogens (primary N) is 1. The fraction of sp³-hybridized carbons (Fsp3) is 0.200. The first kappa shape index (κ1) is 14.9. The Kier molecular flexibility index (Phi) is 4.57. The van der Waals surface area contributed by atoms with Crippen LogP contribution >= 0.6 is 39.1 Å². The normalized spacial score (nSPS) is 14.2. The van der Waals surface area contributed by atoms with Crippen LogP contribution in [0.4, 0.5) is 0 Å². The molecule has 100 valence electrons. The van der Waals surface area contributed by atoms with Crippen LogP contribution in [0.15, 0.2) is 46.9 Å². The fourth-order valence-corrected chi connectivity index (χ4v) is 2.73. The molecule has 0 amide bonds. The zero-order chi connectivity index (χ0) is 14.0. The van der Waals surface area contributed by atoms with Gasteiger partial charge in [0, 0.05) is 20.1 Å². The predicted molar refractivity (Wildman–Crippen MR) is 85.8 cm³/mol. The summed E-state index contributed by atoms with van der Waals surface area (Å²) in [7, 11) is 0. The van der Waals surface area contributed by atoms with E-state index < -0.39 is 5.54 Å². The van der Waals surface area contributed by atoms with Crippen molar-refractivity contribution >= 4 is 39.1 Å². The van der Waals surface area contributed by atoms with Crippen molar-refractivity contribution < 1.29 is 0 Å². The lowest BCUT2D eigenvalue weighted by atomic mass is 9.87. The van der Waals surface area contributed by atoms with Crippen LogP contribution in [0, 0.1) is 0 Å². The van der Waals surface area contributed by atoms with Gasteiger partial charge in [-0.1, -0.05) is 57.3 Å². The smallest absolute Gasteiger partial charge is 0.0453 e. The molecular formula is C15H14BrCl2N. The first-order valence-electron chi connectivity index (χ1n) is 5.87. The summed E-state index contributed by atoms with van der Waals surface area (Å²) in [6.45, 7) is 2.00. The van der Waals surface area contributed by atoms with Gasteiger partial charge in [0.25, 0.3) is 0 Å². The minimum absolute atomic E-state index is 0.474. The summed E-state index contributed by atoms with van der Waals surface area (Å²) < 4.78 is 1.04. The van der Waals surface area contributed by atoms with E-state index in [0.29, 0.717) is 16.5 Å². The molecule has 4 heteroatoms. The Morgan fingerprint density at radius 1 is 1.11 bits per heavy atom. The quantitative estimate of drug-likeness (QED) is 0.804. The largest absolute Gasteiger partial charge is 0.321 e. The maximum absolute atomic E-state index is 6.42. The molecule has 0 saturated heterocycles. The molecule has 2 aromatic carbocycles. The van der Waals surface area contributed by atoms with E-state index in [1.54, 1.807) is 6.07 Å². The van der Waals surface area contributed by atoms with Crippen LogP contribution in [-0.4, -0.2) is 0 Å². The molecule has 0 aromatic heterocycles. The summed E-state index contributed by atoms with van der Waals surface area (Å²) in [6.07, 6.45) is 0.657. The number of rotatable bonds is 3. The third kappa shape index (κ3) is 3.73. The van der Waals surface area contributed by atoms with Crippen molar-refractivity contribution in [1.29, 1.82) is 0 Å². The van der Waals surface area contributed by atoms with Gasteiger partial charge >= 0.3 is 0 Å². The highest BCUT2D eigenvalue weighted by Crippen LogP contribution is 2.29. The van der Waals surface area contributed by atoms with Crippen LogP contribution in [0.2, 0.25) is 10.0 Å². The molecule has 0 aliphatic rings. The Morgan fingerprint density at radius 2 is 1.74 bits per heavy atom. The summed E-state index contributed by atoms with van der Waals surface area (Å²) in [4.78, 5) is 0. The molecular weight excluding hydrogens is 345 g/mol. The van der Waals surface area contributed by atoms with E-state index in [4.69, 9.17) is 28.9 Å². The molecule has 1 unspecified atom stereocenters. The zero-order valence-electron chi connectivity index (χ0n) is 10.5. The van der Waals surface area contributed by atoms with E-state index in [0.717, 1.165) is 15.6 Å². The molecule has 0 heterocycles. The average Bonchev–Trinajstić information content (AvgIpc) is 2.33. The molecule has 0 radical (unpaired) electrons. The molecule has 0 fully saturated rings. The Hall–Kier alpha value is -0.540. The van der Waals surface area contributed by atoms with Crippen LogP contribution in [0.25, 0.3) is 0 Å². The summed E-state index contributed by atoms with van der Waals surface area (Å²) in [6, 6.07) is 13.5. The lowest BCUT2D eigenvalue weighted by Crippen LogP contribution is -2.35. The Bertz CT molecular complexity index is 579. The van der Waals surface area contributed by atoms with Gasteiger partial charge in [-0.2, -0.15) is 0 Å². The topological polar surface area (TPSA) is 26.0 Å². The number of hydrogen-bond donors (Lipinski definition) is 1. The molecule has 0 aliphatic heterocycles. The fourth-order valence-electron chi connectivity index (χ4n) is 1.99. The third-order valence-electron chi connectivity index (χ3n) is 3.08. The van der Waals surface area contributed by atoms with Crippen molar-refractivity contribution in [2.75, 3.05) is 0 Å². The third-order valence-corrected chi connectivity index (χ3v) is 4.19. The minimum Gasteiger partial charge on any atom is -0.321 e. The first-order valence-corrected chi connectivity index (χ1v) is 7.42. The molecule has 0 bridgehead atoms. The van der Waals surface area contributed by atoms with Crippen molar-refractivity contribution in [3.8, 4) is 0 Å². The highest BCUT2D eigenvalue weighted by molar-refractivity contribution is 9.10. The molecule has 0 spiro atoms. The molecule has 1 atom stereocenters. The van der Waals surface area contributed by atoms with E-state index in [1.807, 2.05) is 43.3 Å². The first-order chi connectivity index (χ1) is 8.88. The van der Waals surface area contributed by atoms with Crippen LogP contribution in [-0.2, 0) is 12.0 Å². The van der Waals surface area contributed by atoms with E-state index in [-0.39, 0.29) is 0 Å². The second-order valence-electron chi connectivity index (χ2n) is 4.84. The SMILES string of the molecule is CC(N)(Cc1ccc(Cl)cc1Cl)c1ccc(Br)cc1. The molecule has 2 aromatic rings. The van der Waals surface area contributed by atoms with Gasteiger partial charge < -0.3 is 5.73 Å². The Balaban J connectivity index is 2.27. The van der Waals surface area contributed by atoms with Crippen LogP contribution < -0.4 is 5.73 Å². The van der Waals surface area contributed by atoms with Gasteiger partial charge in [-0.05, 0) is 48.7 Å². The molecule has 0 aliphatic carbocycles. The van der Waals surface area contributed by atoms with Crippen molar-refractivity contribution in [1.82, 2.24) is 0 Å². The Morgan fingerprint density at radius 3 is 2.32 bits per heavy atom. The maximum Gasteiger partial charge on any atom is 0.0453 e. The summed E-state index contributed by atoms with van der Waals surface area (Å²) in [5.74, 6) is 0. The summed E-state index contributed by atoms with van der Waals surface area (Å²) in [5.41, 5.74) is 8.02. The van der Waals surface area contributed by atoms with Crippen molar-refractivity contribution in [3.05, 3.63) is 68.1 Å². The lowest BCUT2D eigenvalue weighted by Gasteiger charge is -2.26. The van der Waals surface area contributed by atoms with E-state index in [9.17, 15) is 0 Å². The Labute approximate surface area is 131 Å². The molecule has 0 saturated carbocycles. The highest BCUT2D eigenvalue weighted by Gasteiger charge is 2.22. The van der Waals surface area contributed by atoms with Crippen LogP contribution in [0.1, 0.15) is 18.1 Å². The van der Waals surface area contributed by atoms with Crippen molar-refractivity contribution in [3.63, 3.8) is 0 Å². The van der Waals surface area contributed by atoms with E-state index >= 15 is 0 Å². The standard InChI is InChI=1S/C15H14BrCl2N/c1-15(19,11-3-5-12(16)6-4-11)9-10-2-7-13(17)8-14(10)18/h2-8H,9,19H2,1H3. The maximum atomic E-state index is 6.42. The predicted octanol–water partition coefficient (Wildman–Crippen LogP) is 5.17. The van der Waals surface area contributed by atoms with Gasteiger partial charge in [-0.3, -0.25) is 0 Å². The van der Waals surface area contributed by atoms with Crippen LogP contribution in [0.3, 0.4) is 0 Å². The van der Waals surface area contributed by atoms with Crippen molar-refractivity contribution in [2.24, 2.45) is 5.73 Å². The second kappa shape index (κ2) is 5.84. The van der Waals surface area contributed by atoms with E-state index in [1.165, 1.54) is 0 Å². The van der Waals surface area contributed by atoms with Gasteiger partial charge in [0.15, 0.2) is 0 Å². The zero-order valence-corrected chi connectivity index (χ0v) is 13.6. The lowest BCUT2D eigenvalue weighted by molar-refractivity contribution is 0.491. The van der Waals surface area contributed by atoms with Gasteiger partial charge in [-0.25, -0.2) is 0 Å². The van der Waals surface area contributed by atoms with Gasteiger partial charge in [0.2, 0.25) is 0 Å². The van der Waals surface area contributed by atoms with Crippen LogP contribution in [0.5, 0.6) is 0 Å². The highest BCUT2D eigenvalue weighted by atomic mass is 79.9. The van der Waals surface area contributed by atoms with Gasteiger partial charge in [-0.15, -0.1) is 0 Å². The molecule has 1 nitrogen and oxygen atoms in total. The van der Waals surface area contributed by atoms with Crippen molar-refractivity contribution in [2.45, 2.75) is 18.9 Å². The second-order valence-corrected chi connectivity index (χ2v) is 6.60. The number of benzene rings is 2. The van der Waals surface area contributed by atoms with Gasteiger partial charge in [0.1, 0.15) is 0 Å². The summed E-state index contributed by atoms with van der Waals surface area (Å²) >= 11 is 15.5. The number of hydrogen-bond acceptors (Lipinski definition) is 1. The molecule has 19 heavy (non-hydrogen) atoms. The monoisotopic (exact) mass is 357 g/mol. The van der Waals surface area contributed by atoms with Gasteiger partial charge in [0.05, 0.1) is 0 Å². The number of halogens is 3. The molecule has 2 N–H and O–H groups in total. The van der Waals surface area contributed by atoms with E-state index in [2.05, 4.69) is 15.9 Å². The molecule has 2 rings (SSSR count). The average molecular weight is 359 g/mol. The summed E-state index contributed by atoms with van der Waals surface area (Å²) in [5, 5.41) is 1.29.